The Bertz CT molecular complexity index is 590. The van der Waals surface area contributed by atoms with E-state index in [4.69, 9.17) is 9.94 Å². The van der Waals surface area contributed by atoms with Gasteiger partial charge in [0, 0.05) is 5.56 Å². The number of hydrogen-bond acceptors (Lipinski definition) is 4. The molecule has 0 bridgehead atoms. The minimum atomic E-state index is 0.400. The van der Waals surface area contributed by atoms with Crippen molar-refractivity contribution >= 4 is 17.6 Å². The number of benzene rings is 2. The fourth-order valence-corrected chi connectivity index (χ4v) is 1.70. The summed E-state index contributed by atoms with van der Waals surface area (Å²) in [6.07, 6.45) is 1.53. The van der Waals surface area contributed by atoms with Crippen molar-refractivity contribution in [3.05, 3.63) is 60.2 Å². The molecule has 0 radical (unpaired) electrons. The van der Waals surface area contributed by atoms with Crippen LogP contribution in [0.4, 0.5) is 5.69 Å². The Morgan fingerprint density at radius 1 is 1.10 bits per heavy atom. The van der Waals surface area contributed by atoms with Crippen LogP contribution in [0.2, 0.25) is 0 Å². The van der Waals surface area contributed by atoms with Crippen LogP contribution in [0.25, 0.3) is 0 Å². The van der Waals surface area contributed by atoms with Gasteiger partial charge in [0.05, 0.1) is 18.5 Å². The molecule has 0 heterocycles. The summed E-state index contributed by atoms with van der Waals surface area (Å²) in [4.78, 5) is 4.27. The zero-order valence-corrected chi connectivity index (χ0v) is 11.2. The molecule has 0 amide bonds. The predicted octanol–water partition coefficient (Wildman–Crippen LogP) is 3.67. The number of aliphatic imine (C=N–C) groups is 1. The maximum Gasteiger partial charge on any atom is 0.128 e. The molecule has 0 aliphatic heterocycles. The Morgan fingerprint density at radius 3 is 2.40 bits per heavy atom. The molecule has 2 rings (SSSR count). The van der Waals surface area contributed by atoms with Crippen LogP contribution < -0.4 is 4.74 Å². The molecule has 4 heteroatoms. The standard InChI is InChI=1S/C16H16N2O2/c1-2-20-15-10-8-13(9-11-15)16(18-19)12-17-14-6-4-3-5-7-14/h3-12,19H,2H2,1H3/b17-12?,18-16+. The molecule has 0 unspecified atom stereocenters. The van der Waals surface area contributed by atoms with E-state index in [-0.39, 0.29) is 0 Å². The lowest BCUT2D eigenvalue weighted by Crippen LogP contribution is -2.02. The Kier molecular flexibility index (Phi) is 4.89. The molecular formula is C16H16N2O2. The van der Waals surface area contributed by atoms with Crippen LogP contribution in [-0.4, -0.2) is 23.7 Å². The molecule has 20 heavy (non-hydrogen) atoms. The Hall–Kier alpha value is -2.62. The zero-order chi connectivity index (χ0) is 14.2. The molecule has 0 spiro atoms. The maximum absolute atomic E-state index is 9.10. The van der Waals surface area contributed by atoms with E-state index >= 15 is 0 Å². The first-order valence-electron chi connectivity index (χ1n) is 6.38. The van der Waals surface area contributed by atoms with Crippen LogP contribution in [-0.2, 0) is 0 Å². The van der Waals surface area contributed by atoms with Gasteiger partial charge in [-0.3, -0.25) is 4.99 Å². The van der Waals surface area contributed by atoms with Crippen LogP contribution in [0.15, 0.2) is 64.7 Å². The third-order valence-corrected chi connectivity index (χ3v) is 2.66. The van der Waals surface area contributed by atoms with Gasteiger partial charge in [-0.2, -0.15) is 0 Å². The average molecular weight is 268 g/mol. The van der Waals surface area contributed by atoms with E-state index in [1.54, 1.807) is 0 Å². The molecule has 2 aromatic rings. The first-order chi connectivity index (χ1) is 9.83. The second-order valence-corrected chi connectivity index (χ2v) is 4.04. The number of rotatable bonds is 5. The average Bonchev–Trinajstić information content (AvgIpc) is 2.51. The molecule has 0 aliphatic rings. The summed E-state index contributed by atoms with van der Waals surface area (Å²) in [6.45, 7) is 2.55. The molecule has 0 aliphatic carbocycles. The van der Waals surface area contributed by atoms with Gasteiger partial charge in [-0.05, 0) is 43.3 Å². The van der Waals surface area contributed by atoms with Crippen LogP contribution >= 0.6 is 0 Å². The molecule has 102 valence electrons. The fourth-order valence-electron chi connectivity index (χ4n) is 1.70. The van der Waals surface area contributed by atoms with Crippen molar-refractivity contribution in [2.45, 2.75) is 6.92 Å². The quantitative estimate of drug-likeness (QED) is 0.511. The lowest BCUT2D eigenvalue weighted by Gasteiger charge is -2.04. The zero-order valence-electron chi connectivity index (χ0n) is 11.2. The molecule has 0 atom stereocenters. The number of nitrogens with zero attached hydrogens (tertiary/aromatic N) is 2. The summed E-state index contributed by atoms with van der Waals surface area (Å²) in [5.74, 6) is 0.786. The lowest BCUT2D eigenvalue weighted by molar-refractivity contribution is 0.320. The molecule has 0 saturated carbocycles. The summed E-state index contributed by atoms with van der Waals surface area (Å²) in [7, 11) is 0. The molecule has 2 aromatic carbocycles. The van der Waals surface area contributed by atoms with E-state index in [0.29, 0.717) is 12.3 Å². The minimum Gasteiger partial charge on any atom is -0.494 e. The number of para-hydroxylation sites is 1. The summed E-state index contributed by atoms with van der Waals surface area (Å²) >= 11 is 0. The van der Waals surface area contributed by atoms with Gasteiger partial charge in [-0.15, -0.1) is 0 Å². The van der Waals surface area contributed by atoms with E-state index in [1.807, 2.05) is 61.5 Å². The smallest absolute Gasteiger partial charge is 0.128 e. The van der Waals surface area contributed by atoms with Gasteiger partial charge in [0.2, 0.25) is 0 Å². The van der Waals surface area contributed by atoms with Gasteiger partial charge < -0.3 is 9.94 Å². The number of oxime groups is 1. The Morgan fingerprint density at radius 2 is 1.80 bits per heavy atom. The first kappa shape index (κ1) is 13.8. The van der Waals surface area contributed by atoms with Crippen LogP contribution in [0.1, 0.15) is 12.5 Å². The van der Waals surface area contributed by atoms with Crippen LogP contribution in [0, 0.1) is 0 Å². The van der Waals surface area contributed by atoms with E-state index in [9.17, 15) is 0 Å². The summed E-state index contributed by atoms with van der Waals surface area (Å²) in [5.41, 5.74) is 1.98. The van der Waals surface area contributed by atoms with E-state index in [1.165, 1.54) is 6.21 Å². The van der Waals surface area contributed by atoms with Gasteiger partial charge in [0.1, 0.15) is 11.5 Å². The van der Waals surface area contributed by atoms with Crippen molar-refractivity contribution in [1.29, 1.82) is 0 Å². The van der Waals surface area contributed by atoms with Crippen molar-refractivity contribution < 1.29 is 9.94 Å². The summed E-state index contributed by atoms with van der Waals surface area (Å²) in [6, 6.07) is 16.8. The topological polar surface area (TPSA) is 54.2 Å². The minimum absolute atomic E-state index is 0.400. The molecule has 0 fully saturated rings. The largest absolute Gasteiger partial charge is 0.494 e. The third kappa shape index (κ3) is 3.68. The van der Waals surface area contributed by atoms with E-state index in [2.05, 4.69) is 10.1 Å². The van der Waals surface area contributed by atoms with E-state index < -0.39 is 0 Å². The van der Waals surface area contributed by atoms with Gasteiger partial charge in [0.25, 0.3) is 0 Å². The van der Waals surface area contributed by atoms with Gasteiger partial charge >= 0.3 is 0 Å². The van der Waals surface area contributed by atoms with Crippen molar-refractivity contribution in [1.82, 2.24) is 0 Å². The van der Waals surface area contributed by atoms with Crippen molar-refractivity contribution in [3.63, 3.8) is 0 Å². The highest BCUT2D eigenvalue weighted by Gasteiger charge is 2.02. The first-order valence-corrected chi connectivity index (χ1v) is 6.38. The van der Waals surface area contributed by atoms with Crippen molar-refractivity contribution in [2.75, 3.05) is 6.61 Å². The normalized spacial score (nSPS) is 11.8. The van der Waals surface area contributed by atoms with Crippen LogP contribution in [0.3, 0.4) is 0 Å². The summed E-state index contributed by atoms with van der Waals surface area (Å²) < 4.78 is 5.37. The second kappa shape index (κ2) is 7.09. The maximum atomic E-state index is 9.10. The monoisotopic (exact) mass is 268 g/mol. The van der Waals surface area contributed by atoms with E-state index in [0.717, 1.165) is 17.0 Å². The molecular weight excluding hydrogens is 252 g/mol. The lowest BCUT2D eigenvalue weighted by atomic mass is 10.1. The molecule has 1 N–H and O–H groups in total. The Labute approximate surface area is 118 Å². The van der Waals surface area contributed by atoms with Crippen molar-refractivity contribution in [2.24, 2.45) is 10.1 Å². The van der Waals surface area contributed by atoms with Gasteiger partial charge in [-0.25, -0.2) is 0 Å². The number of hydrogen-bond donors (Lipinski definition) is 1. The number of ether oxygens (including phenoxy) is 1. The highest BCUT2D eigenvalue weighted by molar-refractivity contribution is 6.38. The third-order valence-electron chi connectivity index (χ3n) is 2.66. The molecule has 0 aromatic heterocycles. The second-order valence-electron chi connectivity index (χ2n) is 4.04. The highest BCUT2D eigenvalue weighted by Crippen LogP contribution is 2.13. The van der Waals surface area contributed by atoms with Crippen molar-refractivity contribution in [3.8, 4) is 5.75 Å². The predicted molar refractivity (Wildman–Crippen MR) is 80.5 cm³/mol. The molecule has 4 nitrogen and oxygen atoms in total. The van der Waals surface area contributed by atoms with Crippen LogP contribution in [0.5, 0.6) is 5.75 Å². The molecule has 0 saturated heterocycles. The summed E-state index contributed by atoms with van der Waals surface area (Å²) in [5, 5.41) is 12.4. The van der Waals surface area contributed by atoms with Gasteiger partial charge in [0.15, 0.2) is 0 Å². The Balaban J connectivity index is 2.14. The SMILES string of the molecule is CCOc1ccc(/C(C=Nc2ccccc2)=N/O)cc1. The highest BCUT2D eigenvalue weighted by atomic mass is 16.5. The fraction of sp³-hybridized carbons (Fsp3) is 0.125. The van der Waals surface area contributed by atoms with Gasteiger partial charge in [-0.1, -0.05) is 23.4 Å².